The van der Waals surface area contributed by atoms with Gasteiger partial charge < -0.3 is 10.2 Å². The van der Waals surface area contributed by atoms with Crippen LogP contribution in [0, 0.1) is 11.8 Å². The first-order valence-corrected chi connectivity index (χ1v) is 8.71. The summed E-state index contributed by atoms with van der Waals surface area (Å²) >= 11 is 0. The Morgan fingerprint density at radius 3 is 2.37 bits per heavy atom. The first kappa shape index (κ1) is 15.3. The average molecular weight is 266 g/mol. The molecule has 2 rings (SSSR count). The van der Waals surface area contributed by atoms with Crippen molar-refractivity contribution in [2.75, 3.05) is 19.6 Å². The summed E-state index contributed by atoms with van der Waals surface area (Å²) in [7, 11) is 0. The lowest BCUT2D eigenvalue weighted by Gasteiger charge is -2.40. The number of likely N-dealkylation sites (N-methyl/N-ethyl adjacent to an activating group) is 1. The molecule has 0 aromatic carbocycles. The third kappa shape index (κ3) is 4.46. The topological polar surface area (TPSA) is 15.3 Å². The Labute approximate surface area is 120 Å². The van der Waals surface area contributed by atoms with Crippen molar-refractivity contribution in [2.24, 2.45) is 11.8 Å². The predicted molar refractivity (Wildman–Crippen MR) is 83.5 cm³/mol. The highest BCUT2D eigenvalue weighted by molar-refractivity contribution is 4.87. The van der Waals surface area contributed by atoms with Crippen molar-refractivity contribution < 1.29 is 0 Å². The molecule has 2 nitrogen and oxygen atoms in total. The second-order valence-electron chi connectivity index (χ2n) is 6.87. The standard InChI is InChI=1S/C17H34N2/c1-4-19(5-2)13-14(3)18-17-11-10-15-8-6-7-9-16(15)12-17/h14-18H,4-13H2,1-3H3. The molecule has 4 unspecified atom stereocenters. The summed E-state index contributed by atoms with van der Waals surface area (Å²) in [6.07, 6.45) is 10.4. The zero-order valence-electron chi connectivity index (χ0n) is 13.3. The fraction of sp³-hybridized carbons (Fsp3) is 1.00. The largest absolute Gasteiger partial charge is 0.310 e. The van der Waals surface area contributed by atoms with Crippen LogP contribution in [-0.4, -0.2) is 36.6 Å². The molecule has 19 heavy (non-hydrogen) atoms. The summed E-state index contributed by atoms with van der Waals surface area (Å²) in [6.45, 7) is 10.5. The minimum Gasteiger partial charge on any atom is -0.310 e. The van der Waals surface area contributed by atoms with E-state index in [0.29, 0.717) is 6.04 Å². The molecule has 112 valence electrons. The lowest BCUT2D eigenvalue weighted by atomic mass is 9.69. The molecule has 2 aliphatic carbocycles. The zero-order chi connectivity index (χ0) is 13.7. The van der Waals surface area contributed by atoms with Gasteiger partial charge in [0.2, 0.25) is 0 Å². The van der Waals surface area contributed by atoms with E-state index in [9.17, 15) is 0 Å². The number of hydrogen-bond donors (Lipinski definition) is 1. The van der Waals surface area contributed by atoms with Crippen molar-refractivity contribution in [1.29, 1.82) is 0 Å². The maximum atomic E-state index is 3.91. The first-order valence-electron chi connectivity index (χ1n) is 8.71. The molecule has 0 bridgehead atoms. The number of hydrogen-bond acceptors (Lipinski definition) is 2. The van der Waals surface area contributed by atoms with Crippen LogP contribution in [-0.2, 0) is 0 Å². The fourth-order valence-corrected chi connectivity index (χ4v) is 4.35. The van der Waals surface area contributed by atoms with Gasteiger partial charge in [-0.3, -0.25) is 0 Å². The number of nitrogens with zero attached hydrogens (tertiary/aromatic N) is 1. The van der Waals surface area contributed by atoms with Crippen molar-refractivity contribution in [1.82, 2.24) is 10.2 Å². The summed E-state index contributed by atoms with van der Waals surface area (Å²) in [6, 6.07) is 1.44. The second-order valence-corrected chi connectivity index (χ2v) is 6.87. The molecule has 0 saturated heterocycles. The lowest BCUT2D eigenvalue weighted by Crippen LogP contribution is -2.47. The van der Waals surface area contributed by atoms with Gasteiger partial charge in [-0.1, -0.05) is 39.5 Å². The molecule has 0 aromatic heterocycles. The molecular weight excluding hydrogens is 232 g/mol. The van der Waals surface area contributed by atoms with Crippen LogP contribution in [0.5, 0.6) is 0 Å². The molecule has 2 saturated carbocycles. The van der Waals surface area contributed by atoms with Crippen LogP contribution in [0.2, 0.25) is 0 Å². The third-order valence-electron chi connectivity index (χ3n) is 5.49. The molecule has 0 aromatic rings. The van der Waals surface area contributed by atoms with Gasteiger partial charge in [0, 0.05) is 18.6 Å². The molecule has 0 heterocycles. The van der Waals surface area contributed by atoms with Gasteiger partial charge in [0.25, 0.3) is 0 Å². The third-order valence-corrected chi connectivity index (χ3v) is 5.49. The summed E-state index contributed by atoms with van der Waals surface area (Å²) in [5.41, 5.74) is 0. The highest BCUT2D eigenvalue weighted by atomic mass is 15.1. The summed E-state index contributed by atoms with van der Waals surface area (Å²) in [5, 5.41) is 3.91. The molecule has 0 radical (unpaired) electrons. The monoisotopic (exact) mass is 266 g/mol. The Balaban J connectivity index is 1.73. The van der Waals surface area contributed by atoms with Crippen LogP contribution in [0.1, 0.15) is 65.7 Å². The van der Waals surface area contributed by atoms with E-state index in [0.717, 1.165) is 17.9 Å². The Bertz CT molecular complexity index is 250. The molecule has 2 aliphatic rings. The summed E-state index contributed by atoms with van der Waals surface area (Å²) in [5.74, 6) is 2.12. The van der Waals surface area contributed by atoms with Crippen molar-refractivity contribution >= 4 is 0 Å². The van der Waals surface area contributed by atoms with Crippen molar-refractivity contribution in [3.05, 3.63) is 0 Å². The molecule has 2 fully saturated rings. The summed E-state index contributed by atoms with van der Waals surface area (Å²) < 4.78 is 0. The molecule has 2 heteroatoms. The van der Waals surface area contributed by atoms with Gasteiger partial charge in [-0.25, -0.2) is 0 Å². The van der Waals surface area contributed by atoms with Crippen LogP contribution in [0.4, 0.5) is 0 Å². The van der Waals surface area contributed by atoms with Gasteiger partial charge in [-0.05, 0) is 51.1 Å². The van der Waals surface area contributed by atoms with Gasteiger partial charge >= 0.3 is 0 Å². The molecule has 0 spiro atoms. The predicted octanol–water partition coefficient (Wildman–Crippen LogP) is 3.67. The molecule has 0 aliphatic heterocycles. The normalized spacial score (nSPS) is 33.2. The number of nitrogens with one attached hydrogen (secondary N) is 1. The van der Waals surface area contributed by atoms with E-state index in [1.807, 2.05) is 0 Å². The van der Waals surface area contributed by atoms with E-state index in [1.165, 1.54) is 64.6 Å². The first-order chi connectivity index (χ1) is 9.22. The van der Waals surface area contributed by atoms with Crippen LogP contribution < -0.4 is 5.32 Å². The fourth-order valence-electron chi connectivity index (χ4n) is 4.35. The van der Waals surface area contributed by atoms with E-state index >= 15 is 0 Å². The van der Waals surface area contributed by atoms with Crippen LogP contribution >= 0.6 is 0 Å². The SMILES string of the molecule is CCN(CC)CC(C)NC1CCC2CCCCC2C1. The van der Waals surface area contributed by atoms with E-state index in [-0.39, 0.29) is 0 Å². The van der Waals surface area contributed by atoms with Gasteiger partial charge in [-0.15, -0.1) is 0 Å². The average Bonchev–Trinajstić information content (AvgIpc) is 2.44. The molecule has 0 amide bonds. The Hall–Kier alpha value is -0.0800. The maximum Gasteiger partial charge on any atom is 0.0169 e. The maximum absolute atomic E-state index is 3.91. The number of fused-ring (bicyclic) bond motifs is 1. The zero-order valence-corrected chi connectivity index (χ0v) is 13.3. The van der Waals surface area contributed by atoms with Gasteiger partial charge in [0.05, 0.1) is 0 Å². The van der Waals surface area contributed by atoms with Crippen LogP contribution in [0.15, 0.2) is 0 Å². The highest BCUT2D eigenvalue weighted by Gasteiger charge is 2.32. The van der Waals surface area contributed by atoms with Crippen molar-refractivity contribution in [3.63, 3.8) is 0 Å². The molecule has 1 N–H and O–H groups in total. The Kier molecular flexibility index (Phi) is 6.15. The van der Waals surface area contributed by atoms with Crippen LogP contribution in [0.3, 0.4) is 0 Å². The molecular formula is C17H34N2. The highest BCUT2D eigenvalue weighted by Crippen LogP contribution is 2.40. The Morgan fingerprint density at radius 1 is 1.00 bits per heavy atom. The quantitative estimate of drug-likeness (QED) is 0.789. The van der Waals surface area contributed by atoms with E-state index < -0.39 is 0 Å². The lowest BCUT2D eigenvalue weighted by molar-refractivity contribution is 0.135. The van der Waals surface area contributed by atoms with E-state index in [1.54, 1.807) is 0 Å². The molecule has 4 atom stereocenters. The van der Waals surface area contributed by atoms with Gasteiger partial charge in [-0.2, -0.15) is 0 Å². The van der Waals surface area contributed by atoms with Crippen LogP contribution in [0.25, 0.3) is 0 Å². The van der Waals surface area contributed by atoms with Gasteiger partial charge in [0.1, 0.15) is 0 Å². The minimum atomic E-state index is 0.644. The van der Waals surface area contributed by atoms with Crippen molar-refractivity contribution in [2.45, 2.75) is 77.8 Å². The minimum absolute atomic E-state index is 0.644. The Morgan fingerprint density at radius 2 is 1.68 bits per heavy atom. The smallest absolute Gasteiger partial charge is 0.0169 e. The second kappa shape index (κ2) is 7.64. The van der Waals surface area contributed by atoms with E-state index in [2.05, 4.69) is 31.0 Å². The van der Waals surface area contributed by atoms with Crippen molar-refractivity contribution in [3.8, 4) is 0 Å². The van der Waals surface area contributed by atoms with E-state index in [4.69, 9.17) is 0 Å². The van der Waals surface area contributed by atoms with Gasteiger partial charge in [0.15, 0.2) is 0 Å². The number of rotatable bonds is 6. The summed E-state index contributed by atoms with van der Waals surface area (Å²) in [4.78, 5) is 2.53.